The average Bonchev–Trinajstić information content (AvgIpc) is 0.813. The predicted molar refractivity (Wildman–Crippen MR) is 356 cm³/mol. The smallest absolute Gasteiger partial charge is 0.245 e. The van der Waals surface area contributed by atoms with Crippen LogP contribution in [0.25, 0.3) is 0 Å². The van der Waals surface area contributed by atoms with Gasteiger partial charge in [-0.3, -0.25) is 43.2 Å². The summed E-state index contributed by atoms with van der Waals surface area (Å²) in [6.07, 6.45) is -15.7. The number of aliphatic hydroxyl groups excluding tert-OH is 9. The number of nitrogens with one attached hydrogen (secondary N) is 9. The molecule has 18 atom stereocenters. The molecule has 3 fully saturated rings. The van der Waals surface area contributed by atoms with Crippen molar-refractivity contribution in [3.05, 3.63) is 0 Å². The van der Waals surface area contributed by atoms with Crippen molar-refractivity contribution < 1.29 is 146 Å². The van der Waals surface area contributed by atoms with E-state index in [9.17, 15) is 98.6 Å². The fourth-order valence-electron chi connectivity index (χ4n) is 10.6. The molecule has 0 bridgehead atoms. The summed E-state index contributed by atoms with van der Waals surface area (Å²) in [6.45, 7) is 6.70. The predicted octanol–water partition coefficient (Wildman–Crippen LogP) is -7.21. The Morgan fingerprint density at radius 2 is 0.883 bits per heavy atom. The molecule has 40 heteroatoms. The van der Waals surface area contributed by atoms with Crippen LogP contribution in [-0.2, 0) is 94.9 Å². The maximum absolute atomic E-state index is 14.1. The van der Waals surface area contributed by atoms with Gasteiger partial charge in [-0.15, -0.1) is 0 Å². The second-order valence-electron chi connectivity index (χ2n) is 25.8. The second kappa shape index (κ2) is 48.1. The first-order chi connectivity index (χ1) is 48.8. The molecule has 0 saturated carbocycles. The standard InChI is InChI=1S/C63H114N9O30P/c1-8-62(5,6)103(91,92)99-24-12-10-9-11-20-64-44(79)14-13-15-46(81)71-40(57(89)66-22-26-94-29-32-97-59-49(69-38(3)77)55(87)52(84)42(35-74)101-59)16-17-47(82)72-63(7,61(90)67-23-27-95-30-33-98-60-50(70-39(4)78)56(88)53(85)43(36-75)102-60)19-18-45(80)65-21-25-93-28-31-96-58-48(68-37(2)76)54(86)51(83)41(34-73)100-58/h40-43,48-56,58-60,73-75,83-88H,8-36H2,1-7H3,(H,64,79)(H,65,80)(H,66,89)(H,67,90)(H,68,76)(H,69,77)(H,70,78)(H,71,81)(H,72,82)(H,91,92)/p-1/t40-,41?,42?,43?,48?,49?,50?,51?,52?,53?,54?,55?,56?,58?,59?,60?,63?/m0/s1. The van der Waals surface area contributed by atoms with Gasteiger partial charge in [0.1, 0.15) is 92.2 Å². The van der Waals surface area contributed by atoms with Gasteiger partial charge in [0.2, 0.25) is 53.2 Å². The van der Waals surface area contributed by atoms with E-state index in [1.165, 1.54) is 27.7 Å². The van der Waals surface area contributed by atoms with Gasteiger partial charge in [0.25, 0.3) is 0 Å². The van der Waals surface area contributed by atoms with E-state index in [1.807, 2.05) is 0 Å². The molecule has 3 rings (SSSR count). The van der Waals surface area contributed by atoms with E-state index in [-0.39, 0.29) is 130 Å². The van der Waals surface area contributed by atoms with Crippen molar-refractivity contribution in [2.75, 3.05) is 112 Å². The summed E-state index contributed by atoms with van der Waals surface area (Å²) in [5, 5.41) is 114. The topological polar surface area (TPSA) is 576 Å². The minimum atomic E-state index is -4.05. The molecule has 9 amide bonds. The first-order valence-electron chi connectivity index (χ1n) is 34.7. The Hall–Kier alpha value is -5.34. The normalized spacial score (nSPS) is 26.4. The van der Waals surface area contributed by atoms with Crippen LogP contribution in [0, 0.1) is 0 Å². The fourth-order valence-corrected chi connectivity index (χ4v) is 11.7. The zero-order chi connectivity index (χ0) is 76.9. The van der Waals surface area contributed by atoms with Gasteiger partial charge >= 0.3 is 0 Å². The Bertz CT molecular complexity index is 2650. The number of unbranched alkanes of at least 4 members (excludes halogenated alkanes) is 3. The van der Waals surface area contributed by atoms with Crippen LogP contribution in [0.4, 0.5) is 0 Å². The third-order valence-corrected chi connectivity index (χ3v) is 19.4. The SMILES string of the molecule is CCC(C)(C)P(=O)([O-])OCCCCCCNC(=O)CCCC(=O)N[C@@H](CCC(=O)NC(C)(CCC(=O)NCCOCCOC1OC(CO)C(O)C(O)C1NC(C)=O)C(=O)NCCOCCOC1OC(CO)C(O)C(O)C1NC(C)=O)C(=O)NCCOCCOC1OC(CO)C(O)C(O)C1NC(C)=O. The fraction of sp³-hybridized carbons (Fsp3) is 0.857. The molecule has 0 spiro atoms. The van der Waals surface area contributed by atoms with E-state index in [0.717, 1.165) is 0 Å². The number of ether oxygens (including phenoxy) is 9. The monoisotopic (exact) mass is 1510 g/mol. The number of carbonyl (C=O) groups is 9. The first kappa shape index (κ1) is 91.9. The Balaban J connectivity index is 1.67. The van der Waals surface area contributed by atoms with Crippen LogP contribution in [0.5, 0.6) is 0 Å². The summed E-state index contributed by atoms with van der Waals surface area (Å²) in [6, 6.07) is -4.98. The van der Waals surface area contributed by atoms with Gasteiger partial charge in [-0.2, -0.15) is 0 Å². The number of rotatable bonds is 51. The van der Waals surface area contributed by atoms with Crippen molar-refractivity contribution in [1.82, 2.24) is 47.9 Å². The zero-order valence-corrected chi connectivity index (χ0v) is 60.7. The highest BCUT2D eigenvalue weighted by Gasteiger charge is 2.48. The molecule has 0 aromatic heterocycles. The molecule has 3 aliphatic rings. The minimum absolute atomic E-state index is 0.0492. The molecular formula is C63H113N9O30P-. The van der Waals surface area contributed by atoms with Crippen LogP contribution in [0.15, 0.2) is 0 Å². The Kier molecular flexibility index (Phi) is 42.9. The maximum Gasteiger partial charge on any atom is 0.245 e. The number of carbonyl (C=O) groups excluding carboxylic acids is 9. The van der Waals surface area contributed by atoms with Gasteiger partial charge < -0.3 is 150 Å². The van der Waals surface area contributed by atoms with Crippen LogP contribution in [0.3, 0.4) is 0 Å². The maximum atomic E-state index is 14.1. The molecule has 0 aliphatic carbocycles. The van der Waals surface area contributed by atoms with E-state index in [0.29, 0.717) is 38.6 Å². The average molecular weight is 1510 g/mol. The highest BCUT2D eigenvalue weighted by atomic mass is 31.2. The van der Waals surface area contributed by atoms with Gasteiger partial charge in [-0.1, -0.05) is 33.6 Å². The molecule has 103 heavy (non-hydrogen) atoms. The Morgan fingerprint density at radius 3 is 1.32 bits per heavy atom. The largest absolute Gasteiger partial charge is 0.778 e. The van der Waals surface area contributed by atoms with E-state index in [2.05, 4.69) is 47.9 Å². The van der Waals surface area contributed by atoms with Crippen LogP contribution in [-0.4, -0.2) is 320 Å². The van der Waals surface area contributed by atoms with Crippen LogP contribution < -0.4 is 52.7 Å². The number of aliphatic hydroxyl groups is 9. The van der Waals surface area contributed by atoms with Crippen molar-refractivity contribution in [3.8, 4) is 0 Å². The van der Waals surface area contributed by atoms with Crippen molar-refractivity contribution >= 4 is 60.8 Å². The van der Waals surface area contributed by atoms with Crippen LogP contribution >= 0.6 is 7.60 Å². The highest BCUT2D eigenvalue weighted by molar-refractivity contribution is 7.53. The summed E-state index contributed by atoms with van der Waals surface area (Å²) < 4.78 is 68.0. The minimum Gasteiger partial charge on any atom is -0.778 e. The number of hydrogen-bond donors (Lipinski definition) is 18. The quantitative estimate of drug-likeness (QED) is 0.0199. The molecule has 17 unspecified atom stereocenters. The summed E-state index contributed by atoms with van der Waals surface area (Å²) in [7, 11) is -4.05. The van der Waals surface area contributed by atoms with E-state index in [1.54, 1.807) is 20.8 Å². The second-order valence-corrected chi connectivity index (χ2v) is 28.3. The van der Waals surface area contributed by atoms with Crippen molar-refractivity contribution in [3.63, 3.8) is 0 Å². The molecule has 0 aromatic carbocycles. The summed E-state index contributed by atoms with van der Waals surface area (Å²) in [5.41, 5.74) is -1.84. The third-order valence-electron chi connectivity index (χ3n) is 17.1. The van der Waals surface area contributed by atoms with Gasteiger partial charge in [0, 0.05) is 77.8 Å². The summed E-state index contributed by atoms with van der Waals surface area (Å²) >= 11 is 0. The Morgan fingerprint density at radius 1 is 0.476 bits per heavy atom. The zero-order valence-electron chi connectivity index (χ0n) is 59.8. The van der Waals surface area contributed by atoms with E-state index < -0.39 is 190 Å². The first-order valence-corrected chi connectivity index (χ1v) is 36.2. The Labute approximate surface area is 598 Å². The lowest BCUT2D eigenvalue weighted by Gasteiger charge is -2.42. The van der Waals surface area contributed by atoms with E-state index >= 15 is 0 Å². The number of amides is 9. The molecule has 0 aromatic rings. The molecule has 0 radical (unpaired) electrons. The van der Waals surface area contributed by atoms with Crippen molar-refractivity contribution in [2.24, 2.45) is 0 Å². The third kappa shape index (κ3) is 32.7. The molecule has 596 valence electrons. The lowest BCUT2D eigenvalue weighted by atomic mass is 9.93. The molecule has 3 aliphatic heterocycles. The lowest BCUT2D eigenvalue weighted by Crippen LogP contribution is -2.64. The highest BCUT2D eigenvalue weighted by Crippen LogP contribution is 2.53. The molecule has 39 nitrogen and oxygen atoms in total. The van der Waals surface area contributed by atoms with Gasteiger partial charge in [0.15, 0.2) is 18.9 Å². The van der Waals surface area contributed by atoms with E-state index in [4.69, 9.17) is 47.2 Å². The molecule has 3 saturated heterocycles. The number of hydrogen-bond acceptors (Lipinski definition) is 30. The molecular weight excluding hydrogens is 1390 g/mol. The summed E-state index contributed by atoms with van der Waals surface area (Å²) in [5.74, 6) is -5.60. The van der Waals surface area contributed by atoms with Crippen molar-refractivity contribution in [2.45, 2.75) is 234 Å². The van der Waals surface area contributed by atoms with Gasteiger partial charge in [-0.25, -0.2) is 0 Å². The van der Waals surface area contributed by atoms with Gasteiger partial charge in [0.05, 0.1) is 85.9 Å². The lowest BCUT2D eigenvalue weighted by molar-refractivity contribution is -0.272. The van der Waals surface area contributed by atoms with Crippen LogP contribution in [0.1, 0.15) is 126 Å². The van der Waals surface area contributed by atoms with Crippen molar-refractivity contribution in [1.29, 1.82) is 0 Å². The summed E-state index contributed by atoms with van der Waals surface area (Å²) in [4.78, 5) is 129. The van der Waals surface area contributed by atoms with Crippen LogP contribution in [0.2, 0.25) is 0 Å². The molecule has 3 heterocycles. The molecule has 18 N–H and O–H groups in total. The van der Waals surface area contributed by atoms with Gasteiger partial charge in [-0.05, 0) is 45.4 Å².